The summed E-state index contributed by atoms with van der Waals surface area (Å²) < 4.78 is 5.11. The lowest BCUT2D eigenvalue weighted by Gasteiger charge is -2.40. The van der Waals surface area contributed by atoms with Crippen molar-refractivity contribution in [3.05, 3.63) is 35.9 Å². The van der Waals surface area contributed by atoms with Gasteiger partial charge in [0.25, 0.3) is 0 Å². The average molecular weight is 317 g/mol. The molecule has 2 unspecified atom stereocenters. The summed E-state index contributed by atoms with van der Waals surface area (Å²) in [5.74, 6) is 2.39. The fourth-order valence-corrected chi connectivity index (χ4v) is 3.53. The van der Waals surface area contributed by atoms with Gasteiger partial charge >= 0.3 is 0 Å². The maximum Gasteiger partial charge on any atom is 0.193 e. The number of aliphatic imine (C=N–C) groups is 1. The van der Waals surface area contributed by atoms with Crippen LogP contribution in [0.4, 0.5) is 0 Å². The third kappa shape index (κ3) is 4.96. The van der Waals surface area contributed by atoms with Crippen molar-refractivity contribution in [2.45, 2.75) is 32.1 Å². The van der Waals surface area contributed by atoms with Gasteiger partial charge < -0.3 is 15.0 Å². The average Bonchev–Trinajstić information content (AvgIpc) is 2.62. The smallest absolute Gasteiger partial charge is 0.193 e. The number of hydrogen-bond acceptors (Lipinski definition) is 2. The van der Waals surface area contributed by atoms with Crippen LogP contribution in [0.3, 0.4) is 0 Å². The molecule has 1 fully saturated rings. The third-order valence-corrected chi connectivity index (χ3v) is 4.81. The molecule has 2 atom stereocenters. The zero-order valence-corrected chi connectivity index (χ0v) is 14.8. The predicted molar refractivity (Wildman–Crippen MR) is 97.0 cm³/mol. The lowest BCUT2D eigenvalue weighted by Crippen LogP contribution is -2.48. The number of piperidine rings is 1. The first-order valence-corrected chi connectivity index (χ1v) is 8.79. The molecule has 0 spiro atoms. The lowest BCUT2D eigenvalue weighted by atomic mass is 9.79. The van der Waals surface area contributed by atoms with Gasteiger partial charge in [0.2, 0.25) is 0 Å². The topological polar surface area (TPSA) is 36.9 Å². The largest absolute Gasteiger partial charge is 0.385 e. The Labute approximate surface area is 140 Å². The van der Waals surface area contributed by atoms with E-state index in [0.29, 0.717) is 11.8 Å². The van der Waals surface area contributed by atoms with Gasteiger partial charge in [0.05, 0.1) is 0 Å². The van der Waals surface area contributed by atoms with Crippen molar-refractivity contribution in [1.82, 2.24) is 10.2 Å². The van der Waals surface area contributed by atoms with Crippen molar-refractivity contribution in [3.63, 3.8) is 0 Å². The summed E-state index contributed by atoms with van der Waals surface area (Å²) in [7, 11) is 3.62. The Bertz CT molecular complexity index is 475. The summed E-state index contributed by atoms with van der Waals surface area (Å²) >= 11 is 0. The van der Waals surface area contributed by atoms with Crippen LogP contribution in [0.1, 0.15) is 37.7 Å². The minimum absolute atomic E-state index is 0.670. The van der Waals surface area contributed by atoms with Gasteiger partial charge in [0.1, 0.15) is 0 Å². The molecule has 4 heteroatoms. The van der Waals surface area contributed by atoms with Crippen molar-refractivity contribution in [2.75, 3.05) is 40.4 Å². The maximum atomic E-state index is 5.11. The van der Waals surface area contributed by atoms with Crippen molar-refractivity contribution in [3.8, 4) is 0 Å². The van der Waals surface area contributed by atoms with Crippen molar-refractivity contribution in [2.24, 2.45) is 10.9 Å². The molecule has 1 N–H and O–H groups in total. The summed E-state index contributed by atoms with van der Waals surface area (Å²) in [4.78, 5) is 6.88. The number of hydrogen-bond donors (Lipinski definition) is 1. The van der Waals surface area contributed by atoms with Gasteiger partial charge in [-0.2, -0.15) is 0 Å². The molecule has 1 heterocycles. The zero-order chi connectivity index (χ0) is 16.5. The van der Waals surface area contributed by atoms with Gasteiger partial charge in [-0.25, -0.2) is 0 Å². The molecule has 0 radical (unpaired) electrons. The van der Waals surface area contributed by atoms with E-state index in [1.165, 1.54) is 18.4 Å². The monoisotopic (exact) mass is 317 g/mol. The molecule has 23 heavy (non-hydrogen) atoms. The second-order valence-electron chi connectivity index (χ2n) is 6.24. The van der Waals surface area contributed by atoms with E-state index in [0.717, 1.165) is 38.6 Å². The second kappa shape index (κ2) is 9.56. The number of likely N-dealkylation sites (tertiary alicyclic amines) is 1. The standard InChI is InChI=1S/C19H31N3O/c1-4-16-15-22(19(20-2)21-12-8-14-23-3)13-11-18(16)17-9-6-5-7-10-17/h5-7,9-10,16,18H,4,8,11-15H2,1-3H3,(H,20,21). The van der Waals surface area contributed by atoms with Gasteiger partial charge in [0.15, 0.2) is 5.96 Å². The Morgan fingerprint density at radius 2 is 2.13 bits per heavy atom. The molecule has 0 saturated carbocycles. The van der Waals surface area contributed by atoms with E-state index in [-0.39, 0.29) is 0 Å². The van der Waals surface area contributed by atoms with Crippen LogP contribution in [-0.4, -0.2) is 51.3 Å². The number of benzene rings is 1. The molecular weight excluding hydrogens is 286 g/mol. The molecule has 1 saturated heterocycles. The van der Waals surface area contributed by atoms with Crippen LogP contribution >= 0.6 is 0 Å². The highest BCUT2D eigenvalue weighted by Crippen LogP contribution is 2.34. The lowest BCUT2D eigenvalue weighted by molar-refractivity contribution is 0.193. The molecule has 1 aromatic rings. The zero-order valence-electron chi connectivity index (χ0n) is 14.8. The van der Waals surface area contributed by atoms with E-state index in [9.17, 15) is 0 Å². The third-order valence-electron chi connectivity index (χ3n) is 4.81. The molecule has 4 nitrogen and oxygen atoms in total. The fraction of sp³-hybridized carbons (Fsp3) is 0.632. The van der Waals surface area contributed by atoms with E-state index in [4.69, 9.17) is 4.74 Å². The highest BCUT2D eigenvalue weighted by Gasteiger charge is 2.30. The number of methoxy groups -OCH3 is 1. The normalized spacial score (nSPS) is 22.2. The predicted octanol–water partition coefficient (Wildman–Crippen LogP) is 3.11. The number of ether oxygens (including phenoxy) is 1. The van der Waals surface area contributed by atoms with Gasteiger partial charge in [0, 0.05) is 40.4 Å². The van der Waals surface area contributed by atoms with E-state index in [1.807, 2.05) is 7.05 Å². The summed E-state index contributed by atoms with van der Waals surface area (Å²) in [5, 5.41) is 3.47. The first-order valence-electron chi connectivity index (χ1n) is 8.79. The molecule has 2 rings (SSSR count). The van der Waals surface area contributed by atoms with E-state index in [2.05, 4.69) is 52.5 Å². The molecule has 0 aliphatic carbocycles. The Kier molecular flexibility index (Phi) is 7.40. The van der Waals surface area contributed by atoms with E-state index in [1.54, 1.807) is 7.11 Å². The van der Waals surface area contributed by atoms with Gasteiger partial charge in [-0.1, -0.05) is 43.7 Å². The number of nitrogens with one attached hydrogen (secondary N) is 1. The quantitative estimate of drug-likeness (QED) is 0.497. The van der Waals surface area contributed by atoms with Crippen LogP contribution in [-0.2, 0) is 4.74 Å². The molecular formula is C19H31N3O. The maximum absolute atomic E-state index is 5.11. The Balaban J connectivity index is 1.94. The molecule has 0 aromatic heterocycles. The van der Waals surface area contributed by atoms with Crippen molar-refractivity contribution < 1.29 is 4.74 Å². The first kappa shape index (κ1) is 17.8. The van der Waals surface area contributed by atoms with Gasteiger partial charge in [-0.15, -0.1) is 0 Å². The Morgan fingerprint density at radius 3 is 2.78 bits per heavy atom. The van der Waals surface area contributed by atoms with E-state index >= 15 is 0 Å². The summed E-state index contributed by atoms with van der Waals surface area (Å²) in [6, 6.07) is 11.0. The molecule has 1 aliphatic heterocycles. The highest BCUT2D eigenvalue weighted by atomic mass is 16.5. The molecule has 0 bridgehead atoms. The molecule has 1 aromatic carbocycles. The number of guanidine groups is 1. The van der Waals surface area contributed by atoms with Crippen LogP contribution in [0, 0.1) is 5.92 Å². The Hall–Kier alpha value is -1.55. The number of nitrogens with zero attached hydrogens (tertiary/aromatic N) is 2. The minimum atomic E-state index is 0.670. The fourth-order valence-electron chi connectivity index (χ4n) is 3.53. The van der Waals surface area contributed by atoms with E-state index < -0.39 is 0 Å². The minimum Gasteiger partial charge on any atom is -0.385 e. The molecule has 1 aliphatic rings. The van der Waals surface area contributed by atoms with Crippen molar-refractivity contribution >= 4 is 5.96 Å². The van der Waals surface area contributed by atoms with Gasteiger partial charge in [-0.3, -0.25) is 4.99 Å². The summed E-state index contributed by atoms with van der Waals surface area (Å²) in [6.07, 6.45) is 3.41. The number of rotatable bonds is 6. The van der Waals surface area contributed by atoms with Crippen LogP contribution < -0.4 is 5.32 Å². The Morgan fingerprint density at radius 1 is 1.35 bits per heavy atom. The van der Waals surface area contributed by atoms with Crippen LogP contribution in [0.15, 0.2) is 35.3 Å². The second-order valence-corrected chi connectivity index (χ2v) is 6.24. The summed E-state index contributed by atoms with van der Waals surface area (Å²) in [5.41, 5.74) is 1.49. The SMILES string of the molecule is CCC1CN(C(=NC)NCCCOC)CCC1c1ccccc1. The van der Waals surface area contributed by atoms with Crippen LogP contribution in [0.25, 0.3) is 0 Å². The molecule has 0 amide bonds. The van der Waals surface area contributed by atoms with Gasteiger partial charge in [-0.05, 0) is 30.2 Å². The van der Waals surface area contributed by atoms with Crippen molar-refractivity contribution in [1.29, 1.82) is 0 Å². The van der Waals surface area contributed by atoms with Crippen LogP contribution in [0.5, 0.6) is 0 Å². The first-order chi connectivity index (χ1) is 11.3. The summed E-state index contributed by atoms with van der Waals surface area (Å²) in [6.45, 7) is 6.16. The van der Waals surface area contributed by atoms with Crippen LogP contribution in [0.2, 0.25) is 0 Å². The molecule has 128 valence electrons. The highest BCUT2D eigenvalue weighted by molar-refractivity contribution is 5.80.